The first-order chi connectivity index (χ1) is 8.13. The van der Waals surface area contributed by atoms with E-state index in [1.165, 1.54) is 6.07 Å². The summed E-state index contributed by atoms with van der Waals surface area (Å²) < 4.78 is 37.3. The summed E-state index contributed by atoms with van der Waals surface area (Å²) >= 11 is 5.94. The van der Waals surface area contributed by atoms with Crippen LogP contribution in [0, 0.1) is 11.6 Å². The molecule has 1 aliphatic carbocycles. The van der Waals surface area contributed by atoms with Crippen LogP contribution in [-0.2, 0) is 4.74 Å². The molecule has 17 heavy (non-hydrogen) atoms. The molecule has 1 fully saturated rings. The van der Waals surface area contributed by atoms with Crippen LogP contribution in [-0.4, -0.2) is 24.2 Å². The molecule has 94 valence electrons. The Kier molecular flexibility index (Phi) is 3.84. The fourth-order valence-electron chi connectivity index (χ4n) is 1.79. The molecule has 5 heteroatoms. The van der Waals surface area contributed by atoms with Crippen molar-refractivity contribution in [2.75, 3.05) is 6.61 Å². The molecular weight excluding hydrogens is 250 g/mol. The molecule has 0 radical (unpaired) electrons. The van der Waals surface area contributed by atoms with Crippen LogP contribution in [0.5, 0.6) is 5.75 Å². The van der Waals surface area contributed by atoms with Gasteiger partial charge in [0, 0.05) is 13.0 Å². The molecule has 2 nitrogen and oxygen atoms in total. The topological polar surface area (TPSA) is 18.5 Å². The van der Waals surface area contributed by atoms with E-state index in [0.717, 1.165) is 12.1 Å². The van der Waals surface area contributed by atoms with Crippen LogP contribution in [0.2, 0.25) is 0 Å². The third-order valence-electron chi connectivity index (χ3n) is 2.73. The number of para-hydroxylation sites is 1. The molecule has 0 N–H and O–H groups in total. The lowest BCUT2D eigenvalue weighted by Crippen LogP contribution is -2.52. The Morgan fingerprint density at radius 3 is 2.53 bits per heavy atom. The maximum absolute atomic E-state index is 13.3. The van der Waals surface area contributed by atoms with Crippen LogP contribution < -0.4 is 4.74 Å². The van der Waals surface area contributed by atoms with Gasteiger partial charge < -0.3 is 9.47 Å². The number of halogens is 3. The number of hydrogen-bond acceptors (Lipinski definition) is 2. The first-order valence-electron chi connectivity index (χ1n) is 5.49. The summed E-state index contributed by atoms with van der Waals surface area (Å²) in [7, 11) is 0. The highest BCUT2D eigenvalue weighted by molar-refractivity contribution is 6.21. The van der Waals surface area contributed by atoms with E-state index in [0.29, 0.717) is 13.0 Å². The van der Waals surface area contributed by atoms with Gasteiger partial charge in [0.25, 0.3) is 0 Å². The van der Waals surface area contributed by atoms with Crippen LogP contribution in [0.15, 0.2) is 18.2 Å². The Morgan fingerprint density at radius 2 is 2.00 bits per heavy atom. The molecule has 0 bridgehead atoms. The summed E-state index contributed by atoms with van der Waals surface area (Å²) in [6, 6.07) is 3.61. The van der Waals surface area contributed by atoms with Gasteiger partial charge in [-0.15, -0.1) is 11.6 Å². The SMILES string of the molecule is CCOC1C(Cl)CC1Oc1c(F)cccc1F. The summed E-state index contributed by atoms with van der Waals surface area (Å²) in [5.74, 6) is -1.78. The second kappa shape index (κ2) is 5.19. The van der Waals surface area contributed by atoms with Crippen molar-refractivity contribution in [3.8, 4) is 5.75 Å². The zero-order valence-electron chi connectivity index (χ0n) is 9.33. The Labute approximate surface area is 103 Å². The molecule has 0 aromatic heterocycles. The zero-order valence-corrected chi connectivity index (χ0v) is 10.1. The van der Waals surface area contributed by atoms with Crippen LogP contribution in [0.4, 0.5) is 8.78 Å². The molecule has 1 aromatic carbocycles. The second-order valence-electron chi connectivity index (χ2n) is 3.88. The maximum atomic E-state index is 13.3. The third-order valence-corrected chi connectivity index (χ3v) is 3.15. The minimum Gasteiger partial charge on any atom is -0.481 e. The van der Waals surface area contributed by atoms with E-state index in [1.807, 2.05) is 6.92 Å². The van der Waals surface area contributed by atoms with E-state index < -0.39 is 11.6 Å². The minimum absolute atomic E-state index is 0.158. The molecule has 2 rings (SSSR count). The zero-order chi connectivity index (χ0) is 12.4. The Hall–Kier alpha value is -0.870. The average molecular weight is 263 g/mol. The summed E-state index contributed by atoms with van der Waals surface area (Å²) in [5.41, 5.74) is 0. The average Bonchev–Trinajstić information content (AvgIpc) is 2.29. The van der Waals surface area contributed by atoms with Crippen molar-refractivity contribution in [3.05, 3.63) is 29.8 Å². The highest BCUT2D eigenvalue weighted by Crippen LogP contribution is 2.34. The number of benzene rings is 1. The molecule has 0 saturated heterocycles. The Bertz CT molecular complexity index is 380. The van der Waals surface area contributed by atoms with Gasteiger partial charge in [0.05, 0.1) is 5.38 Å². The Balaban J connectivity index is 2.06. The molecule has 1 saturated carbocycles. The fourth-order valence-corrected chi connectivity index (χ4v) is 2.20. The van der Waals surface area contributed by atoms with Gasteiger partial charge in [0.2, 0.25) is 0 Å². The van der Waals surface area contributed by atoms with E-state index in [4.69, 9.17) is 21.1 Å². The molecule has 3 unspecified atom stereocenters. The van der Waals surface area contributed by atoms with E-state index in [-0.39, 0.29) is 23.3 Å². The smallest absolute Gasteiger partial charge is 0.191 e. The van der Waals surface area contributed by atoms with Crippen molar-refractivity contribution in [1.82, 2.24) is 0 Å². The van der Waals surface area contributed by atoms with Crippen LogP contribution in [0.3, 0.4) is 0 Å². The van der Waals surface area contributed by atoms with Crippen molar-refractivity contribution in [2.45, 2.75) is 30.9 Å². The molecule has 0 spiro atoms. The van der Waals surface area contributed by atoms with Crippen LogP contribution in [0.25, 0.3) is 0 Å². The lowest BCUT2D eigenvalue weighted by molar-refractivity contribution is -0.0781. The van der Waals surface area contributed by atoms with Gasteiger partial charge in [-0.3, -0.25) is 0 Å². The number of rotatable bonds is 4. The molecule has 0 aliphatic heterocycles. The van der Waals surface area contributed by atoms with E-state index in [1.54, 1.807) is 0 Å². The van der Waals surface area contributed by atoms with Crippen LogP contribution in [0.1, 0.15) is 13.3 Å². The highest BCUT2D eigenvalue weighted by atomic mass is 35.5. The Morgan fingerprint density at radius 1 is 1.35 bits per heavy atom. The lowest BCUT2D eigenvalue weighted by atomic mass is 9.91. The summed E-state index contributed by atoms with van der Waals surface area (Å²) in [6.07, 6.45) is -0.162. The molecule has 0 amide bonds. The van der Waals surface area contributed by atoms with Gasteiger partial charge in [-0.1, -0.05) is 6.07 Å². The number of hydrogen-bond donors (Lipinski definition) is 0. The molecule has 0 heterocycles. The maximum Gasteiger partial charge on any atom is 0.191 e. The minimum atomic E-state index is -0.710. The standard InChI is InChI=1S/C12H13ClF2O2/c1-2-16-11-7(13)6-10(11)17-12-8(14)4-3-5-9(12)15/h3-5,7,10-11H,2,6H2,1H3. The predicted molar refractivity (Wildman–Crippen MR) is 60.4 cm³/mol. The van der Waals surface area contributed by atoms with Gasteiger partial charge in [-0.2, -0.15) is 0 Å². The number of ether oxygens (including phenoxy) is 2. The second-order valence-corrected chi connectivity index (χ2v) is 4.44. The molecule has 3 atom stereocenters. The molecular formula is C12H13ClF2O2. The van der Waals surface area contributed by atoms with Crippen molar-refractivity contribution < 1.29 is 18.3 Å². The normalized spacial score (nSPS) is 27.6. The van der Waals surface area contributed by atoms with Crippen molar-refractivity contribution >= 4 is 11.6 Å². The monoisotopic (exact) mass is 262 g/mol. The van der Waals surface area contributed by atoms with Crippen molar-refractivity contribution in [1.29, 1.82) is 0 Å². The van der Waals surface area contributed by atoms with E-state index >= 15 is 0 Å². The number of alkyl halides is 1. The first-order valence-corrected chi connectivity index (χ1v) is 5.93. The van der Waals surface area contributed by atoms with Crippen molar-refractivity contribution in [3.63, 3.8) is 0 Å². The van der Waals surface area contributed by atoms with Crippen molar-refractivity contribution in [2.24, 2.45) is 0 Å². The van der Waals surface area contributed by atoms with Gasteiger partial charge in [-0.25, -0.2) is 8.78 Å². The summed E-state index contributed by atoms with van der Waals surface area (Å²) in [6.45, 7) is 2.33. The summed E-state index contributed by atoms with van der Waals surface area (Å²) in [4.78, 5) is 0. The largest absolute Gasteiger partial charge is 0.481 e. The predicted octanol–water partition coefficient (Wildman–Crippen LogP) is 3.13. The first kappa shape index (κ1) is 12.6. The van der Waals surface area contributed by atoms with Gasteiger partial charge in [0.1, 0.15) is 12.2 Å². The van der Waals surface area contributed by atoms with Gasteiger partial charge in [0.15, 0.2) is 17.4 Å². The van der Waals surface area contributed by atoms with E-state index in [9.17, 15) is 8.78 Å². The summed E-state index contributed by atoms with van der Waals surface area (Å²) in [5, 5.41) is -0.158. The molecule has 1 aliphatic rings. The fraction of sp³-hybridized carbons (Fsp3) is 0.500. The quantitative estimate of drug-likeness (QED) is 0.776. The lowest BCUT2D eigenvalue weighted by Gasteiger charge is -2.40. The molecule has 1 aromatic rings. The van der Waals surface area contributed by atoms with Gasteiger partial charge in [-0.05, 0) is 19.1 Å². The highest BCUT2D eigenvalue weighted by Gasteiger charge is 2.43. The third kappa shape index (κ3) is 2.53. The van der Waals surface area contributed by atoms with Crippen LogP contribution >= 0.6 is 11.6 Å². The van der Waals surface area contributed by atoms with E-state index in [2.05, 4.69) is 0 Å². The van der Waals surface area contributed by atoms with Gasteiger partial charge >= 0.3 is 0 Å².